The number of hydrogen-bond donors (Lipinski definition) is 2. The van der Waals surface area contributed by atoms with Crippen molar-refractivity contribution in [3.05, 3.63) is 0 Å². The third-order valence-electron chi connectivity index (χ3n) is 0. The van der Waals surface area contributed by atoms with Crippen molar-refractivity contribution in [3.63, 3.8) is 0 Å². The molecule has 0 spiro atoms. The summed E-state index contributed by atoms with van der Waals surface area (Å²) in [5.74, 6) is 0. The van der Waals surface area contributed by atoms with Gasteiger partial charge in [-0.25, -0.2) is 0 Å². The van der Waals surface area contributed by atoms with Crippen LogP contribution in [0.15, 0.2) is 0 Å². The summed E-state index contributed by atoms with van der Waals surface area (Å²) >= 11 is 0. The van der Waals surface area contributed by atoms with Gasteiger partial charge < -0.3 is 15.7 Å². The van der Waals surface area contributed by atoms with Crippen molar-refractivity contribution in [1.29, 1.82) is 0 Å². The van der Waals surface area contributed by atoms with Crippen LogP contribution in [0.2, 0.25) is 0 Å². The second-order valence-corrected chi connectivity index (χ2v) is 0.189. The van der Waals surface area contributed by atoms with Crippen LogP contribution in [0.25, 0.3) is 0 Å². The van der Waals surface area contributed by atoms with Gasteiger partial charge in [0, 0.05) is 7.11 Å². The minimum atomic E-state index is -0.250. The molecule has 0 aromatic rings. The van der Waals surface area contributed by atoms with Gasteiger partial charge in [0.1, 0.15) is 0 Å². The fraction of sp³-hybridized carbons (Fsp3) is 0.500. The maximum atomic E-state index is 8.36. The summed E-state index contributed by atoms with van der Waals surface area (Å²) in [4.78, 5) is 24.6. The third kappa shape index (κ3) is 149. The summed E-state index contributed by atoms with van der Waals surface area (Å²) in [5.41, 5.74) is 0. The zero-order valence-electron chi connectivity index (χ0n) is 4.70. The molecule has 64 valence electrons. The number of aliphatic hydroxyl groups is 1. The first-order valence-electron chi connectivity index (χ1n) is 1.35. The Bertz CT molecular complexity index is 54.8. The highest BCUT2D eigenvalue weighted by atomic mass is 16.3. The Morgan fingerprint density at radius 3 is 1.30 bits per heavy atom. The predicted octanol–water partition coefficient (Wildman–Crippen LogP) is -1.46. The molecule has 6 heteroatoms. The highest BCUT2D eigenvalue weighted by molar-refractivity contribution is 5.32. The number of rotatable bonds is 0. The number of carbonyl (C=O) groups excluding carboxylic acids is 2. The molecule has 4 N–H and O–H groups in total. The molecule has 0 rings (SSSR count). The van der Waals surface area contributed by atoms with Crippen molar-refractivity contribution in [3.8, 4) is 0 Å². The van der Waals surface area contributed by atoms with Crippen LogP contribution in [0.4, 0.5) is 0 Å². The molecule has 0 radical (unpaired) electrons. The van der Waals surface area contributed by atoms with Gasteiger partial charge in [0.05, 0.1) is 0 Å². The first-order chi connectivity index (χ1) is 3.83. The standard InChI is InChI=1S/CH2O2.CO2.CH4O.CH4.H2O/c2*2-1-3;1-2;;/h1H,(H,2,3);;2H,1H3;1H4;1H2. The van der Waals surface area contributed by atoms with Crippen molar-refractivity contribution in [1.82, 2.24) is 0 Å². The quantitative estimate of drug-likeness (QED) is 0.414. The van der Waals surface area contributed by atoms with Gasteiger partial charge in [-0.15, -0.1) is 0 Å². The summed E-state index contributed by atoms with van der Waals surface area (Å²) in [6, 6.07) is 0. The number of carboxylic acid groups (broad SMARTS) is 1. The zero-order valence-corrected chi connectivity index (χ0v) is 4.70. The molecule has 0 aliphatic rings. The lowest BCUT2D eigenvalue weighted by atomic mass is 11.7. The third-order valence-corrected chi connectivity index (χ3v) is 0. The Balaban J connectivity index is -0.0000000116. The van der Waals surface area contributed by atoms with E-state index in [0.29, 0.717) is 0 Å². The molecule has 0 aromatic heterocycles. The second kappa shape index (κ2) is 601. The monoisotopic (exact) mass is 156 g/mol. The van der Waals surface area contributed by atoms with E-state index < -0.39 is 0 Å². The topological polar surface area (TPSA) is 123 Å². The molecule has 10 heavy (non-hydrogen) atoms. The molecule has 0 fully saturated rings. The van der Waals surface area contributed by atoms with E-state index in [1.807, 2.05) is 0 Å². The normalized spacial score (nSPS) is 2.60. The van der Waals surface area contributed by atoms with Crippen LogP contribution in [-0.2, 0) is 14.4 Å². The van der Waals surface area contributed by atoms with Gasteiger partial charge >= 0.3 is 6.15 Å². The molecule has 0 bridgehead atoms. The molecular weight excluding hydrogens is 144 g/mol. The van der Waals surface area contributed by atoms with E-state index in [0.717, 1.165) is 7.11 Å². The van der Waals surface area contributed by atoms with Crippen molar-refractivity contribution in [2.45, 2.75) is 7.43 Å². The lowest BCUT2D eigenvalue weighted by Gasteiger charge is -1.34. The van der Waals surface area contributed by atoms with Crippen molar-refractivity contribution < 1.29 is 30.1 Å². The number of hydrogen-bond acceptors (Lipinski definition) is 4. The maximum absolute atomic E-state index is 8.36. The molecule has 0 saturated carbocycles. The Morgan fingerprint density at radius 2 is 1.30 bits per heavy atom. The summed E-state index contributed by atoms with van der Waals surface area (Å²) < 4.78 is 0. The van der Waals surface area contributed by atoms with Gasteiger partial charge in [-0.3, -0.25) is 4.79 Å². The molecule has 0 aliphatic heterocycles. The van der Waals surface area contributed by atoms with Crippen molar-refractivity contribution in [2.24, 2.45) is 0 Å². The fourth-order valence-electron chi connectivity index (χ4n) is 0. The molecule has 0 atom stereocenters. The van der Waals surface area contributed by atoms with E-state index in [1.54, 1.807) is 0 Å². The smallest absolute Gasteiger partial charge is 0.373 e. The van der Waals surface area contributed by atoms with E-state index in [4.69, 9.17) is 24.6 Å². The van der Waals surface area contributed by atoms with Crippen LogP contribution in [0.3, 0.4) is 0 Å². The summed E-state index contributed by atoms with van der Waals surface area (Å²) in [5, 5.41) is 13.9. The average Bonchev–Trinajstić information content (AvgIpc) is 1.75. The van der Waals surface area contributed by atoms with E-state index in [2.05, 4.69) is 0 Å². The Morgan fingerprint density at radius 1 is 1.30 bits per heavy atom. The minimum Gasteiger partial charge on any atom is -0.483 e. The number of carbonyl (C=O) groups is 1. The van der Waals surface area contributed by atoms with E-state index in [-0.39, 0.29) is 25.5 Å². The predicted molar refractivity (Wildman–Crippen MR) is 32.2 cm³/mol. The molecule has 0 aromatic carbocycles. The van der Waals surface area contributed by atoms with Gasteiger partial charge in [-0.05, 0) is 0 Å². The van der Waals surface area contributed by atoms with E-state index >= 15 is 0 Å². The maximum Gasteiger partial charge on any atom is 0.373 e. The van der Waals surface area contributed by atoms with Crippen LogP contribution >= 0.6 is 0 Å². The fourth-order valence-corrected chi connectivity index (χ4v) is 0. The lowest BCUT2D eigenvalue weighted by molar-refractivity contribution is -0.191. The zero-order chi connectivity index (χ0) is 7.41. The van der Waals surface area contributed by atoms with Crippen LogP contribution < -0.4 is 0 Å². The van der Waals surface area contributed by atoms with Gasteiger partial charge in [0.15, 0.2) is 0 Å². The molecule has 0 saturated heterocycles. The number of aliphatic hydroxyl groups excluding tert-OH is 1. The SMILES string of the molecule is C.CO.O.O=C=O.O=CO. The molecule has 0 aliphatic carbocycles. The Hall–Kier alpha value is -1.23. The van der Waals surface area contributed by atoms with E-state index in [9.17, 15) is 0 Å². The second-order valence-electron chi connectivity index (χ2n) is 0.189. The van der Waals surface area contributed by atoms with Crippen LogP contribution in [0, 0.1) is 0 Å². The molecule has 0 heterocycles. The minimum absolute atomic E-state index is 0. The van der Waals surface area contributed by atoms with Crippen molar-refractivity contribution >= 4 is 12.6 Å². The Kier molecular flexibility index (Phi) is 2240. The molecule has 6 nitrogen and oxygen atoms in total. The molecular formula is C4H12O6. The lowest BCUT2D eigenvalue weighted by Crippen LogP contribution is -1.49. The summed E-state index contributed by atoms with van der Waals surface area (Å²) in [6.45, 7) is -0.250. The molecule has 0 unspecified atom stereocenters. The summed E-state index contributed by atoms with van der Waals surface area (Å²) in [7, 11) is 1.00. The van der Waals surface area contributed by atoms with Gasteiger partial charge in [-0.2, -0.15) is 9.59 Å². The van der Waals surface area contributed by atoms with Gasteiger partial charge in [0.2, 0.25) is 0 Å². The van der Waals surface area contributed by atoms with Crippen LogP contribution in [0.5, 0.6) is 0 Å². The largest absolute Gasteiger partial charge is 0.483 e. The average molecular weight is 156 g/mol. The first-order valence-corrected chi connectivity index (χ1v) is 1.35. The van der Waals surface area contributed by atoms with Gasteiger partial charge in [0.25, 0.3) is 6.47 Å². The highest BCUT2D eigenvalue weighted by Gasteiger charge is 1.22. The highest BCUT2D eigenvalue weighted by Crippen LogP contribution is 0.966. The first kappa shape index (κ1) is 37.3. The van der Waals surface area contributed by atoms with Crippen molar-refractivity contribution in [2.75, 3.05) is 7.11 Å². The molecule has 0 amide bonds. The van der Waals surface area contributed by atoms with E-state index in [1.165, 1.54) is 0 Å². The Labute approximate surface area is 58.4 Å². The van der Waals surface area contributed by atoms with Gasteiger partial charge in [-0.1, -0.05) is 7.43 Å². The van der Waals surface area contributed by atoms with Crippen LogP contribution in [0.1, 0.15) is 7.43 Å². The van der Waals surface area contributed by atoms with Crippen LogP contribution in [-0.4, -0.2) is 35.4 Å². The summed E-state index contributed by atoms with van der Waals surface area (Å²) in [6.07, 6.45) is 0.250.